The molecule has 1 aromatic rings. The summed E-state index contributed by atoms with van der Waals surface area (Å²) in [5.41, 5.74) is 8.91. The molecule has 32 heavy (non-hydrogen) atoms. The Morgan fingerprint density at radius 1 is 1.28 bits per heavy atom. The molecule has 0 unspecified atom stereocenters. The molecule has 1 atom stereocenters. The molecule has 0 spiro atoms. The molecule has 0 heterocycles. The molecule has 0 aliphatic heterocycles. The predicted molar refractivity (Wildman–Crippen MR) is 112 cm³/mol. The van der Waals surface area contributed by atoms with E-state index in [1.807, 2.05) is 0 Å². The molecule has 0 saturated carbocycles. The number of ether oxygens (including phenoxy) is 2. The number of nitro groups is 1. The molecule has 0 bridgehead atoms. The highest BCUT2D eigenvalue weighted by Crippen LogP contribution is 2.28. The molecule has 2 amide bonds. The first kappa shape index (κ1) is 25.9. The number of nitro benzene ring substituents is 1. The van der Waals surface area contributed by atoms with Crippen LogP contribution in [0.25, 0.3) is 0 Å². The summed E-state index contributed by atoms with van der Waals surface area (Å²) < 4.78 is 10.2. The van der Waals surface area contributed by atoms with Gasteiger partial charge in [0.25, 0.3) is 5.91 Å². The molecule has 1 rings (SSSR count). The third kappa shape index (κ3) is 9.15. The maximum absolute atomic E-state index is 12.4. The Kier molecular flexibility index (Phi) is 9.19. The van der Waals surface area contributed by atoms with Crippen LogP contribution in [0.4, 0.5) is 10.5 Å². The molecule has 0 fully saturated rings. The fraction of sp³-hybridized carbons (Fsp3) is 0.444. The Morgan fingerprint density at radius 3 is 2.47 bits per heavy atom. The number of hydrogen-bond acceptors (Lipinski definition) is 8. The van der Waals surface area contributed by atoms with E-state index < -0.39 is 46.8 Å². The average Bonchev–Trinajstić information content (AvgIpc) is 2.66. The molecule has 14 nitrogen and oxygen atoms in total. The minimum Gasteiger partial charge on any atom is -0.485 e. The van der Waals surface area contributed by atoms with Crippen molar-refractivity contribution in [1.82, 2.24) is 10.6 Å². The van der Waals surface area contributed by atoms with Crippen LogP contribution in [0, 0.1) is 10.1 Å². The number of nitrogens with two attached hydrogens (primary N) is 2. The highest BCUT2D eigenvalue weighted by Gasteiger charge is 2.25. The quantitative estimate of drug-likeness (QED) is 0.104. The molecule has 7 N–H and O–H groups in total. The topological polar surface area (TPSA) is 221 Å². The van der Waals surface area contributed by atoms with Gasteiger partial charge in [0.05, 0.1) is 11.5 Å². The number of amides is 2. The highest BCUT2D eigenvalue weighted by atomic mass is 16.6. The SMILES string of the molecule is CC(C)(C)OC(=O)N[C@@H](CNC(=O)c1ccc(OCCN=C(N)N)c([N+](=O)[O-])c1)C(=O)O. The zero-order valence-electron chi connectivity index (χ0n) is 17.8. The third-order valence-corrected chi connectivity index (χ3v) is 3.52. The van der Waals surface area contributed by atoms with Gasteiger partial charge in [0, 0.05) is 18.2 Å². The van der Waals surface area contributed by atoms with Crippen LogP contribution in [0.1, 0.15) is 31.1 Å². The van der Waals surface area contributed by atoms with Gasteiger partial charge in [-0.05, 0) is 32.9 Å². The van der Waals surface area contributed by atoms with Crippen LogP contribution in [-0.2, 0) is 9.53 Å². The second kappa shape index (κ2) is 11.3. The number of carbonyl (C=O) groups excluding carboxylic acids is 2. The molecule has 0 radical (unpaired) electrons. The number of guanidine groups is 1. The number of alkyl carbamates (subject to hydrolysis) is 1. The molecular weight excluding hydrogens is 428 g/mol. The van der Waals surface area contributed by atoms with Gasteiger partial charge in [-0.25, -0.2) is 9.59 Å². The summed E-state index contributed by atoms with van der Waals surface area (Å²) in [5.74, 6) is -2.47. The molecule has 0 aliphatic rings. The van der Waals surface area contributed by atoms with Crippen LogP contribution in [0.15, 0.2) is 23.2 Å². The van der Waals surface area contributed by atoms with Crippen molar-refractivity contribution in [3.05, 3.63) is 33.9 Å². The molecule has 176 valence electrons. The highest BCUT2D eigenvalue weighted by molar-refractivity contribution is 5.95. The Balaban J connectivity index is 2.83. The maximum atomic E-state index is 12.4. The van der Waals surface area contributed by atoms with Crippen molar-refractivity contribution in [3.8, 4) is 5.75 Å². The number of benzene rings is 1. The summed E-state index contributed by atoms with van der Waals surface area (Å²) in [7, 11) is 0. The van der Waals surface area contributed by atoms with E-state index in [1.54, 1.807) is 20.8 Å². The molecule has 0 aliphatic carbocycles. The fourth-order valence-corrected chi connectivity index (χ4v) is 2.20. The summed E-state index contributed by atoms with van der Waals surface area (Å²) in [6.07, 6.45) is -0.975. The van der Waals surface area contributed by atoms with Crippen LogP contribution in [0.2, 0.25) is 0 Å². The van der Waals surface area contributed by atoms with Gasteiger partial charge >= 0.3 is 17.7 Å². The van der Waals surface area contributed by atoms with Gasteiger partial charge in [-0.3, -0.25) is 19.9 Å². The zero-order valence-corrected chi connectivity index (χ0v) is 17.8. The van der Waals surface area contributed by atoms with Crippen LogP contribution < -0.4 is 26.8 Å². The summed E-state index contributed by atoms with van der Waals surface area (Å²) in [5, 5.41) is 25.0. The number of carbonyl (C=O) groups is 3. The first-order valence-corrected chi connectivity index (χ1v) is 9.27. The number of nitrogens with one attached hydrogen (secondary N) is 2. The number of nitrogens with zero attached hydrogens (tertiary/aromatic N) is 2. The van der Waals surface area contributed by atoms with Gasteiger partial charge in [0.2, 0.25) is 0 Å². The maximum Gasteiger partial charge on any atom is 0.408 e. The van der Waals surface area contributed by atoms with Gasteiger partial charge in [0.15, 0.2) is 11.7 Å². The van der Waals surface area contributed by atoms with E-state index in [2.05, 4.69) is 15.6 Å². The van der Waals surface area contributed by atoms with Crippen molar-refractivity contribution in [2.75, 3.05) is 19.7 Å². The van der Waals surface area contributed by atoms with Crippen molar-refractivity contribution in [2.24, 2.45) is 16.5 Å². The third-order valence-electron chi connectivity index (χ3n) is 3.52. The van der Waals surface area contributed by atoms with Gasteiger partial charge in [-0.1, -0.05) is 0 Å². The Hall–Kier alpha value is -4.10. The van der Waals surface area contributed by atoms with E-state index in [4.69, 9.17) is 20.9 Å². The second-order valence-electron chi connectivity index (χ2n) is 7.34. The van der Waals surface area contributed by atoms with Crippen molar-refractivity contribution >= 4 is 29.6 Å². The van der Waals surface area contributed by atoms with Crippen molar-refractivity contribution in [3.63, 3.8) is 0 Å². The molecular formula is C18H26N6O8. The molecule has 0 saturated heterocycles. The van der Waals surface area contributed by atoms with E-state index in [0.717, 1.165) is 6.07 Å². The first-order valence-electron chi connectivity index (χ1n) is 9.27. The summed E-state index contributed by atoms with van der Waals surface area (Å²) >= 11 is 0. The van der Waals surface area contributed by atoms with Crippen molar-refractivity contribution < 1.29 is 33.9 Å². The number of carboxylic acids is 1. The Morgan fingerprint density at radius 2 is 1.94 bits per heavy atom. The van der Waals surface area contributed by atoms with Crippen LogP contribution in [0.3, 0.4) is 0 Å². The van der Waals surface area contributed by atoms with Crippen LogP contribution >= 0.6 is 0 Å². The first-order chi connectivity index (χ1) is 14.8. The normalized spacial score (nSPS) is 11.6. The largest absolute Gasteiger partial charge is 0.485 e. The van der Waals surface area contributed by atoms with Crippen LogP contribution in [-0.4, -0.2) is 65.3 Å². The number of aliphatic carboxylic acids is 1. The van der Waals surface area contributed by atoms with Crippen molar-refractivity contribution in [2.45, 2.75) is 32.4 Å². The minimum atomic E-state index is -1.48. The zero-order chi connectivity index (χ0) is 24.5. The lowest BCUT2D eigenvalue weighted by molar-refractivity contribution is -0.385. The smallest absolute Gasteiger partial charge is 0.408 e. The second-order valence-corrected chi connectivity index (χ2v) is 7.34. The van der Waals surface area contributed by atoms with Crippen molar-refractivity contribution in [1.29, 1.82) is 0 Å². The molecule has 0 aromatic heterocycles. The van der Waals surface area contributed by atoms with Gasteiger partial charge in [-0.15, -0.1) is 0 Å². The predicted octanol–water partition coefficient (Wildman–Crippen LogP) is -0.0453. The number of carboxylic acid groups (broad SMARTS) is 1. The average molecular weight is 454 g/mol. The van der Waals surface area contributed by atoms with E-state index in [-0.39, 0.29) is 30.4 Å². The fourth-order valence-electron chi connectivity index (χ4n) is 2.20. The lowest BCUT2D eigenvalue weighted by Gasteiger charge is -2.22. The summed E-state index contributed by atoms with van der Waals surface area (Å²) in [6.45, 7) is 4.35. The van der Waals surface area contributed by atoms with Gasteiger partial charge in [0.1, 0.15) is 18.2 Å². The standard InChI is InChI=1S/C18H26N6O8/c1-18(2,3)32-17(28)23-11(15(26)27)9-22-14(25)10-4-5-13(12(8-10)24(29)30)31-7-6-21-16(19)20/h4-5,8,11H,6-7,9H2,1-3H3,(H,22,25)(H,23,28)(H,26,27)(H4,19,20,21)/t11-/m0/s1. The summed E-state index contributed by atoms with van der Waals surface area (Å²) in [6, 6.07) is 1.97. The number of rotatable bonds is 10. The Bertz CT molecular complexity index is 892. The Labute approximate surface area is 183 Å². The number of aliphatic imine (C=N–C) groups is 1. The minimum absolute atomic E-state index is 0.0408. The lowest BCUT2D eigenvalue weighted by Crippen LogP contribution is -2.49. The summed E-state index contributed by atoms with van der Waals surface area (Å²) in [4.78, 5) is 49.7. The van der Waals surface area contributed by atoms with E-state index in [0.29, 0.717) is 0 Å². The molecule has 1 aromatic carbocycles. The van der Waals surface area contributed by atoms with Crippen LogP contribution in [0.5, 0.6) is 5.75 Å². The van der Waals surface area contributed by atoms with Gasteiger partial charge in [-0.2, -0.15) is 0 Å². The van der Waals surface area contributed by atoms with E-state index >= 15 is 0 Å². The van der Waals surface area contributed by atoms with E-state index in [1.165, 1.54) is 12.1 Å². The van der Waals surface area contributed by atoms with E-state index in [9.17, 15) is 29.6 Å². The molecule has 14 heteroatoms. The monoisotopic (exact) mass is 454 g/mol. The number of hydrogen-bond donors (Lipinski definition) is 5. The lowest BCUT2D eigenvalue weighted by atomic mass is 10.1. The van der Waals surface area contributed by atoms with Gasteiger partial charge < -0.3 is 36.7 Å².